The summed E-state index contributed by atoms with van der Waals surface area (Å²) in [6, 6.07) is 1.27. The van der Waals surface area contributed by atoms with E-state index in [0.717, 1.165) is 0 Å². The zero-order chi connectivity index (χ0) is 15.1. The molecule has 0 aliphatic rings. The van der Waals surface area contributed by atoms with Gasteiger partial charge in [-0.1, -0.05) is 11.6 Å². The van der Waals surface area contributed by atoms with Gasteiger partial charge >= 0.3 is 5.69 Å². The number of carbonyl (C=O) groups excluding carboxylic acids is 1. The molecule has 1 N–H and O–H groups in total. The molecule has 8 heteroatoms. The van der Waals surface area contributed by atoms with Crippen molar-refractivity contribution < 1.29 is 14.5 Å². The second-order valence-electron chi connectivity index (χ2n) is 4.28. The lowest BCUT2D eigenvalue weighted by atomic mass is 10.2. The van der Waals surface area contributed by atoms with Gasteiger partial charge < -0.3 is 10.1 Å². The van der Waals surface area contributed by atoms with Crippen molar-refractivity contribution in [3.8, 4) is 0 Å². The lowest BCUT2D eigenvalue weighted by Gasteiger charge is -2.08. The van der Waals surface area contributed by atoms with Crippen LogP contribution in [0.5, 0.6) is 0 Å². The van der Waals surface area contributed by atoms with E-state index in [1.165, 1.54) is 12.3 Å². The number of ether oxygens (including phenoxy) is 1. The van der Waals surface area contributed by atoms with Gasteiger partial charge in [-0.3, -0.25) is 14.9 Å². The summed E-state index contributed by atoms with van der Waals surface area (Å²) in [4.78, 5) is 25.6. The number of amides is 1. The molecule has 0 aromatic carbocycles. The molecule has 0 atom stereocenters. The molecule has 1 aromatic rings. The largest absolute Gasteiger partial charge is 0.379 e. The van der Waals surface area contributed by atoms with Gasteiger partial charge in [-0.25, -0.2) is 4.98 Å². The first-order valence-corrected chi connectivity index (χ1v) is 6.50. The molecule has 0 aliphatic heterocycles. The highest BCUT2D eigenvalue weighted by Crippen LogP contribution is 2.25. The highest BCUT2D eigenvalue weighted by atomic mass is 35.5. The van der Waals surface area contributed by atoms with Gasteiger partial charge in [0, 0.05) is 19.3 Å². The van der Waals surface area contributed by atoms with E-state index in [-0.39, 0.29) is 16.8 Å². The molecule has 1 rings (SSSR count). The molecule has 0 radical (unpaired) electrons. The normalized spacial score (nSPS) is 10.6. The van der Waals surface area contributed by atoms with E-state index in [4.69, 9.17) is 16.3 Å². The van der Waals surface area contributed by atoms with Crippen LogP contribution in [0.25, 0.3) is 0 Å². The molecular weight excluding hydrogens is 286 g/mol. The van der Waals surface area contributed by atoms with Gasteiger partial charge in [0.15, 0.2) is 0 Å². The van der Waals surface area contributed by atoms with E-state index < -0.39 is 16.5 Å². The number of nitrogens with zero attached hydrogens (tertiary/aromatic N) is 2. The van der Waals surface area contributed by atoms with Crippen LogP contribution in [0.1, 0.15) is 30.6 Å². The van der Waals surface area contributed by atoms with E-state index in [0.29, 0.717) is 19.6 Å². The van der Waals surface area contributed by atoms with Gasteiger partial charge in [-0.15, -0.1) is 0 Å². The molecule has 20 heavy (non-hydrogen) atoms. The Labute approximate surface area is 121 Å². The predicted octanol–water partition coefficient (Wildman–Crippen LogP) is 2.19. The quantitative estimate of drug-likeness (QED) is 0.360. The van der Waals surface area contributed by atoms with E-state index in [2.05, 4.69) is 10.3 Å². The Kier molecular flexibility index (Phi) is 6.33. The number of rotatable bonds is 7. The minimum absolute atomic E-state index is 0.0974. The summed E-state index contributed by atoms with van der Waals surface area (Å²) in [5, 5.41) is 13.2. The van der Waals surface area contributed by atoms with E-state index in [1.54, 1.807) is 0 Å². The smallest absolute Gasteiger partial charge is 0.319 e. The van der Waals surface area contributed by atoms with Crippen LogP contribution in [0, 0.1) is 10.1 Å². The van der Waals surface area contributed by atoms with Crippen molar-refractivity contribution in [1.82, 2.24) is 10.3 Å². The number of hydrogen-bond donors (Lipinski definition) is 1. The fourth-order valence-electron chi connectivity index (χ4n) is 1.47. The molecule has 1 aromatic heterocycles. The third-order valence-corrected chi connectivity index (χ3v) is 2.64. The Morgan fingerprint density at radius 1 is 1.60 bits per heavy atom. The Balaban J connectivity index is 2.60. The number of nitro groups is 1. The Morgan fingerprint density at radius 2 is 2.30 bits per heavy atom. The number of pyridine rings is 1. The topological polar surface area (TPSA) is 94.4 Å². The highest BCUT2D eigenvalue weighted by Gasteiger charge is 2.24. The second-order valence-corrected chi connectivity index (χ2v) is 4.64. The van der Waals surface area contributed by atoms with Crippen molar-refractivity contribution in [1.29, 1.82) is 0 Å². The third kappa shape index (κ3) is 4.75. The molecule has 1 amide bonds. The van der Waals surface area contributed by atoms with E-state index in [1.807, 2.05) is 13.8 Å². The van der Waals surface area contributed by atoms with Gasteiger partial charge in [0.25, 0.3) is 5.91 Å². The molecule has 0 saturated heterocycles. The first kappa shape index (κ1) is 16.3. The molecule has 7 nitrogen and oxygen atoms in total. The maximum absolute atomic E-state index is 11.9. The standard InChI is InChI=1S/C12H16ClN3O4/c1-8(2)20-7-3-5-15-12(17)9-4-6-14-11(13)10(9)16(18)19/h4,6,8H,3,5,7H2,1-2H3,(H,15,17). The van der Waals surface area contributed by atoms with Crippen LogP contribution < -0.4 is 5.32 Å². The van der Waals surface area contributed by atoms with Crippen molar-refractivity contribution >= 4 is 23.2 Å². The van der Waals surface area contributed by atoms with Gasteiger partial charge in [0.2, 0.25) is 5.15 Å². The van der Waals surface area contributed by atoms with Gasteiger partial charge in [0.05, 0.1) is 11.0 Å². The summed E-state index contributed by atoms with van der Waals surface area (Å²) in [5.74, 6) is -0.550. The minimum Gasteiger partial charge on any atom is -0.379 e. The van der Waals surface area contributed by atoms with Crippen molar-refractivity contribution in [3.63, 3.8) is 0 Å². The Morgan fingerprint density at radius 3 is 2.90 bits per heavy atom. The summed E-state index contributed by atoms with van der Waals surface area (Å²) in [6.45, 7) is 4.71. The average Bonchev–Trinajstić information content (AvgIpc) is 2.36. The summed E-state index contributed by atoms with van der Waals surface area (Å²) in [5.41, 5.74) is -0.579. The number of aromatic nitrogens is 1. The van der Waals surface area contributed by atoms with Crippen LogP contribution >= 0.6 is 11.6 Å². The maximum atomic E-state index is 11.9. The summed E-state index contributed by atoms with van der Waals surface area (Å²) in [6.07, 6.45) is 2.01. The molecule has 0 saturated carbocycles. The monoisotopic (exact) mass is 301 g/mol. The molecule has 0 aliphatic carbocycles. The summed E-state index contributed by atoms with van der Waals surface area (Å²) in [7, 11) is 0. The van der Waals surface area contributed by atoms with Crippen LogP contribution in [0.15, 0.2) is 12.3 Å². The summed E-state index contributed by atoms with van der Waals surface area (Å²) < 4.78 is 5.32. The first-order chi connectivity index (χ1) is 9.43. The Bertz CT molecular complexity index is 494. The SMILES string of the molecule is CC(C)OCCCNC(=O)c1ccnc(Cl)c1[N+](=O)[O-]. The lowest BCUT2D eigenvalue weighted by molar-refractivity contribution is -0.385. The predicted molar refractivity (Wildman–Crippen MR) is 73.9 cm³/mol. The highest BCUT2D eigenvalue weighted by molar-refractivity contribution is 6.32. The van der Waals surface area contributed by atoms with E-state index >= 15 is 0 Å². The minimum atomic E-state index is -0.716. The van der Waals surface area contributed by atoms with Gasteiger partial charge in [-0.05, 0) is 26.3 Å². The van der Waals surface area contributed by atoms with Crippen LogP contribution in [0.4, 0.5) is 5.69 Å². The molecule has 0 bridgehead atoms. The zero-order valence-electron chi connectivity index (χ0n) is 11.3. The van der Waals surface area contributed by atoms with Gasteiger partial charge in [0.1, 0.15) is 5.56 Å². The second kappa shape index (κ2) is 7.76. The third-order valence-electron chi connectivity index (χ3n) is 2.36. The molecule has 110 valence electrons. The van der Waals surface area contributed by atoms with Crippen LogP contribution in [-0.2, 0) is 4.74 Å². The molecule has 0 spiro atoms. The molecular formula is C12H16ClN3O4. The molecule has 0 unspecified atom stereocenters. The van der Waals surface area contributed by atoms with Crippen LogP contribution in [0.3, 0.4) is 0 Å². The van der Waals surface area contributed by atoms with Crippen molar-refractivity contribution in [2.45, 2.75) is 26.4 Å². The van der Waals surface area contributed by atoms with Crippen molar-refractivity contribution in [2.24, 2.45) is 0 Å². The van der Waals surface area contributed by atoms with Crippen molar-refractivity contribution in [3.05, 3.63) is 33.1 Å². The van der Waals surface area contributed by atoms with Crippen LogP contribution in [-0.4, -0.2) is 35.1 Å². The molecule has 0 fully saturated rings. The van der Waals surface area contributed by atoms with Crippen molar-refractivity contribution in [2.75, 3.05) is 13.2 Å². The fraction of sp³-hybridized carbons (Fsp3) is 0.500. The maximum Gasteiger partial charge on any atom is 0.319 e. The fourth-order valence-corrected chi connectivity index (χ4v) is 1.70. The number of hydrogen-bond acceptors (Lipinski definition) is 5. The molecule has 1 heterocycles. The van der Waals surface area contributed by atoms with E-state index in [9.17, 15) is 14.9 Å². The lowest BCUT2D eigenvalue weighted by Crippen LogP contribution is -2.26. The van der Waals surface area contributed by atoms with Gasteiger partial charge in [-0.2, -0.15) is 0 Å². The number of halogens is 1. The number of carbonyl (C=O) groups is 1. The first-order valence-electron chi connectivity index (χ1n) is 6.12. The van der Waals surface area contributed by atoms with Crippen LogP contribution in [0.2, 0.25) is 5.15 Å². The Hall–Kier alpha value is -1.73. The number of nitrogens with one attached hydrogen (secondary N) is 1. The zero-order valence-corrected chi connectivity index (χ0v) is 12.0. The summed E-state index contributed by atoms with van der Waals surface area (Å²) >= 11 is 5.63. The average molecular weight is 302 g/mol.